The molecular weight excluding hydrogens is 346 g/mol. The van der Waals surface area contributed by atoms with Crippen LogP contribution in [0.1, 0.15) is 0 Å². The van der Waals surface area contributed by atoms with E-state index in [2.05, 4.69) is 15.4 Å². The first-order chi connectivity index (χ1) is 12.3. The Labute approximate surface area is 146 Å². The maximum atomic E-state index is 14.0. The van der Waals surface area contributed by atoms with Crippen molar-refractivity contribution >= 4 is 28.3 Å². The lowest BCUT2D eigenvalue weighted by Crippen LogP contribution is -2.28. The highest BCUT2D eigenvalue weighted by molar-refractivity contribution is 5.91. The zero-order valence-electron chi connectivity index (χ0n) is 14.3. The molecule has 1 N–H and O–H groups in total. The maximum absolute atomic E-state index is 14.0. The third-order valence-corrected chi connectivity index (χ3v) is 3.78. The smallest absolute Gasteiger partial charge is 0.264 e. The van der Waals surface area contributed by atoms with E-state index in [1.807, 2.05) is 0 Å². The van der Waals surface area contributed by atoms with Crippen molar-refractivity contribution in [1.82, 2.24) is 19.3 Å². The van der Waals surface area contributed by atoms with Crippen LogP contribution < -0.4 is 15.8 Å². The van der Waals surface area contributed by atoms with Crippen LogP contribution in [0.3, 0.4) is 0 Å². The number of carbonyl (C=O) groups excluding carboxylic acids is 1. The third-order valence-electron chi connectivity index (χ3n) is 3.78. The summed E-state index contributed by atoms with van der Waals surface area (Å²) in [5.41, 5.74) is -0.279. The molecule has 1 amide bonds. The molecule has 1 aromatic carbocycles. The van der Waals surface area contributed by atoms with Gasteiger partial charge in [0.15, 0.2) is 17.3 Å². The molecule has 0 atom stereocenters. The van der Waals surface area contributed by atoms with Gasteiger partial charge in [-0.3, -0.25) is 18.8 Å². The van der Waals surface area contributed by atoms with Crippen LogP contribution in [0.5, 0.6) is 0 Å². The molecule has 136 valence electrons. The maximum Gasteiger partial charge on any atom is 0.264 e. The SMILES string of the molecule is CN(C)c1c(F)cc(NC(=O)Cn2cnc3c(cnn3C)c2=O)cc1F. The van der Waals surface area contributed by atoms with Gasteiger partial charge in [-0.2, -0.15) is 5.10 Å². The fraction of sp³-hybridized carbons (Fsp3) is 0.250. The molecule has 0 radical (unpaired) electrons. The predicted octanol–water partition coefficient (Wildman–Crippen LogP) is 1.11. The molecule has 2 heterocycles. The van der Waals surface area contributed by atoms with Gasteiger partial charge < -0.3 is 10.2 Å². The first-order valence-electron chi connectivity index (χ1n) is 7.61. The fourth-order valence-electron chi connectivity index (χ4n) is 2.60. The second-order valence-electron chi connectivity index (χ2n) is 5.91. The Morgan fingerprint density at radius 1 is 1.27 bits per heavy atom. The molecule has 0 spiro atoms. The Morgan fingerprint density at radius 3 is 2.54 bits per heavy atom. The summed E-state index contributed by atoms with van der Waals surface area (Å²) in [5.74, 6) is -2.23. The monoisotopic (exact) mass is 362 g/mol. The van der Waals surface area contributed by atoms with E-state index in [1.165, 1.54) is 36.2 Å². The minimum absolute atomic E-state index is 0.0425. The minimum Gasteiger partial charge on any atom is -0.373 e. The largest absolute Gasteiger partial charge is 0.373 e. The lowest BCUT2D eigenvalue weighted by molar-refractivity contribution is -0.116. The number of anilines is 2. The van der Waals surface area contributed by atoms with Crippen LogP contribution in [0.15, 0.2) is 29.5 Å². The van der Waals surface area contributed by atoms with Gasteiger partial charge in [0.25, 0.3) is 5.56 Å². The zero-order chi connectivity index (χ0) is 19.0. The van der Waals surface area contributed by atoms with Gasteiger partial charge in [0.2, 0.25) is 5.91 Å². The number of aryl methyl sites for hydroxylation is 1. The number of amides is 1. The van der Waals surface area contributed by atoms with Crippen LogP contribution in [0.2, 0.25) is 0 Å². The first-order valence-corrected chi connectivity index (χ1v) is 7.61. The molecular formula is C16H16F2N6O2. The number of nitrogens with one attached hydrogen (secondary N) is 1. The lowest BCUT2D eigenvalue weighted by atomic mass is 10.2. The minimum atomic E-state index is -0.805. The van der Waals surface area contributed by atoms with Gasteiger partial charge in [-0.1, -0.05) is 0 Å². The van der Waals surface area contributed by atoms with Gasteiger partial charge in [-0.15, -0.1) is 0 Å². The van der Waals surface area contributed by atoms with Crippen molar-refractivity contribution in [3.63, 3.8) is 0 Å². The molecule has 0 aliphatic carbocycles. The number of nitrogens with zero attached hydrogens (tertiary/aromatic N) is 5. The number of hydrogen-bond acceptors (Lipinski definition) is 5. The highest BCUT2D eigenvalue weighted by Crippen LogP contribution is 2.25. The van der Waals surface area contributed by atoms with E-state index < -0.39 is 23.1 Å². The summed E-state index contributed by atoms with van der Waals surface area (Å²) < 4.78 is 30.5. The topological polar surface area (TPSA) is 85.1 Å². The Balaban J connectivity index is 1.82. The van der Waals surface area contributed by atoms with Gasteiger partial charge in [0.05, 0.1) is 6.20 Å². The normalized spacial score (nSPS) is 11.0. The summed E-state index contributed by atoms with van der Waals surface area (Å²) in [6.45, 7) is -0.352. The van der Waals surface area contributed by atoms with Gasteiger partial charge in [0.1, 0.15) is 23.9 Å². The number of aromatic nitrogens is 4. The van der Waals surface area contributed by atoms with Crippen LogP contribution in [-0.4, -0.2) is 39.3 Å². The molecule has 0 saturated heterocycles. The van der Waals surface area contributed by atoms with Gasteiger partial charge >= 0.3 is 0 Å². The Bertz CT molecular complexity index is 1030. The zero-order valence-corrected chi connectivity index (χ0v) is 14.3. The van der Waals surface area contributed by atoms with Crippen LogP contribution in [0, 0.1) is 11.6 Å². The highest BCUT2D eigenvalue weighted by atomic mass is 19.1. The number of hydrogen-bond donors (Lipinski definition) is 1. The molecule has 0 aliphatic heterocycles. The second kappa shape index (κ2) is 6.54. The van der Waals surface area contributed by atoms with Crippen molar-refractivity contribution in [1.29, 1.82) is 0 Å². The summed E-state index contributed by atoms with van der Waals surface area (Å²) in [6.07, 6.45) is 2.59. The van der Waals surface area contributed by atoms with E-state index in [4.69, 9.17) is 0 Å². The predicted molar refractivity (Wildman–Crippen MR) is 92.1 cm³/mol. The van der Waals surface area contributed by atoms with E-state index in [1.54, 1.807) is 7.05 Å². The molecule has 0 aliphatic rings. The van der Waals surface area contributed by atoms with Crippen molar-refractivity contribution in [3.05, 3.63) is 46.6 Å². The standard InChI is InChI=1S/C16H16F2N6O2/c1-22(2)14-11(17)4-9(5-12(14)18)21-13(25)7-24-8-19-15-10(16(24)26)6-20-23(15)3/h4-6,8H,7H2,1-3H3,(H,21,25). The number of benzene rings is 1. The molecule has 26 heavy (non-hydrogen) atoms. The number of rotatable bonds is 4. The summed E-state index contributed by atoms with van der Waals surface area (Å²) in [6, 6.07) is 2.03. The summed E-state index contributed by atoms with van der Waals surface area (Å²) >= 11 is 0. The average molecular weight is 362 g/mol. The van der Waals surface area contributed by atoms with Crippen LogP contribution in [0.4, 0.5) is 20.2 Å². The summed E-state index contributed by atoms with van der Waals surface area (Å²) in [4.78, 5) is 29.8. The van der Waals surface area contributed by atoms with Crippen LogP contribution in [0.25, 0.3) is 11.0 Å². The number of halogens is 2. The Hall–Kier alpha value is -3.30. The molecule has 0 saturated carbocycles. The second-order valence-corrected chi connectivity index (χ2v) is 5.91. The quantitative estimate of drug-likeness (QED) is 0.752. The van der Waals surface area contributed by atoms with Crippen LogP contribution >= 0.6 is 0 Å². The Morgan fingerprint density at radius 2 is 1.92 bits per heavy atom. The van der Waals surface area contributed by atoms with Crippen molar-refractivity contribution in [3.8, 4) is 0 Å². The molecule has 0 unspecified atom stereocenters. The molecule has 0 fully saturated rings. The van der Waals surface area contributed by atoms with Gasteiger partial charge in [0, 0.05) is 26.8 Å². The number of fused-ring (bicyclic) bond motifs is 1. The molecule has 3 aromatic rings. The third kappa shape index (κ3) is 3.13. The van der Waals surface area contributed by atoms with Crippen LogP contribution in [-0.2, 0) is 18.4 Å². The lowest BCUT2D eigenvalue weighted by Gasteiger charge is -2.16. The van der Waals surface area contributed by atoms with Crippen molar-refractivity contribution < 1.29 is 13.6 Å². The van der Waals surface area contributed by atoms with Crippen molar-refractivity contribution in [2.24, 2.45) is 7.05 Å². The van der Waals surface area contributed by atoms with Crippen molar-refractivity contribution in [2.45, 2.75) is 6.54 Å². The van der Waals surface area contributed by atoms with Gasteiger partial charge in [-0.25, -0.2) is 13.8 Å². The van der Waals surface area contributed by atoms with E-state index in [-0.39, 0.29) is 23.3 Å². The summed E-state index contributed by atoms with van der Waals surface area (Å²) in [5, 5.41) is 6.59. The van der Waals surface area contributed by atoms with E-state index in [9.17, 15) is 18.4 Å². The van der Waals surface area contributed by atoms with Crippen molar-refractivity contribution in [2.75, 3.05) is 24.3 Å². The Kier molecular flexibility index (Phi) is 4.41. The fourth-order valence-corrected chi connectivity index (χ4v) is 2.60. The molecule has 10 heteroatoms. The molecule has 2 aromatic heterocycles. The summed E-state index contributed by atoms with van der Waals surface area (Å²) in [7, 11) is 4.66. The highest BCUT2D eigenvalue weighted by Gasteiger charge is 2.15. The molecule has 0 bridgehead atoms. The van der Waals surface area contributed by atoms with E-state index in [0.29, 0.717) is 5.65 Å². The van der Waals surface area contributed by atoms with E-state index in [0.717, 1.165) is 16.7 Å². The first kappa shape index (κ1) is 17.5. The van der Waals surface area contributed by atoms with E-state index >= 15 is 0 Å². The molecule has 8 nitrogen and oxygen atoms in total. The average Bonchev–Trinajstić information content (AvgIpc) is 2.91. The molecule has 3 rings (SSSR count). The number of carbonyl (C=O) groups is 1. The van der Waals surface area contributed by atoms with Gasteiger partial charge in [-0.05, 0) is 12.1 Å².